The molecule has 1 aliphatic rings. The fourth-order valence-electron chi connectivity index (χ4n) is 2.47. The fourth-order valence-corrected chi connectivity index (χ4v) is 2.47. The maximum absolute atomic E-state index is 12.2. The average molecular weight is 283 g/mol. The third kappa shape index (κ3) is 3.95. The monoisotopic (exact) mass is 282 g/mol. The minimum Gasteiger partial charge on any atom is -0.328 e. The molecule has 0 aliphatic carbocycles. The Hall–Kier alpha value is -1.06. The predicted octanol–water partition coefficient (Wildman–Crippen LogP) is 2.82. The molecule has 1 unspecified atom stereocenters. The fraction of sp³-hybridized carbons (Fsp3) is 0.533. The number of hydrogen-bond acceptors (Lipinski definition) is 2. The molecule has 4 heteroatoms. The maximum Gasteiger partial charge on any atom is 0.227 e. The van der Waals surface area contributed by atoms with Crippen molar-refractivity contribution in [3.8, 4) is 0 Å². The number of benzene rings is 1. The zero-order chi connectivity index (χ0) is 13.1. The first-order valence-corrected chi connectivity index (χ1v) is 6.73. The van der Waals surface area contributed by atoms with Gasteiger partial charge in [0.05, 0.1) is 0 Å². The van der Waals surface area contributed by atoms with Crippen molar-refractivity contribution < 1.29 is 4.79 Å². The molecule has 1 aromatic rings. The van der Waals surface area contributed by atoms with E-state index in [4.69, 9.17) is 5.73 Å². The van der Waals surface area contributed by atoms with Gasteiger partial charge in [0.25, 0.3) is 0 Å². The normalized spacial score (nSPS) is 15.4. The summed E-state index contributed by atoms with van der Waals surface area (Å²) in [6, 6.07) is 6.44. The van der Waals surface area contributed by atoms with Crippen molar-refractivity contribution in [3.63, 3.8) is 0 Å². The predicted molar refractivity (Wildman–Crippen MR) is 82.0 cm³/mol. The molecule has 2 rings (SSSR count). The Bertz CT molecular complexity index is 446. The number of carbonyl (C=O) groups is 1. The van der Waals surface area contributed by atoms with E-state index in [0.29, 0.717) is 6.42 Å². The summed E-state index contributed by atoms with van der Waals surface area (Å²) >= 11 is 0. The number of hydrogen-bond donors (Lipinski definition) is 1. The summed E-state index contributed by atoms with van der Waals surface area (Å²) in [5.74, 6) is 0.206. The lowest BCUT2D eigenvalue weighted by Crippen LogP contribution is -2.36. The van der Waals surface area contributed by atoms with Gasteiger partial charge in [-0.05, 0) is 44.7 Å². The molecule has 0 aromatic heterocycles. The summed E-state index contributed by atoms with van der Waals surface area (Å²) in [6.45, 7) is 4.88. The van der Waals surface area contributed by atoms with Crippen LogP contribution in [0.3, 0.4) is 0 Å². The molecule has 0 bridgehead atoms. The molecule has 1 heterocycles. The van der Waals surface area contributed by atoms with Crippen LogP contribution in [0.1, 0.15) is 37.3 Å². The van der Waals surface area contributed by atoms with Gasteiger partial charge in [-0.1, -0.05) is 17.7 Å². The van der Waals surface area contributed by atoms with Crippen molar-refractivity contribution in [1.29, 1.82) is 0 Å². The summed E-state index contributed by atoms with van der Waals surface area (Å²) in [4.78, 5) is 14.2. The van der Waals surface area contributed by atoms with Crippen LogP contribution in [0.15, 0.2) is 18.2 Å². The van der Waals surface area contributed by atoms with Crippen LogP contribution in [0.2, 0.25) is 0 Å². The largest absolute Gasteiger partial charge is 0.328 e. The zero-order valence-electron chi connectivity index (χ0n) is 11.7. The van der Waals surface area contributed by atoms with Crippen LogP contribution in [-0.4, -0.2) is 18.5 Å². The first kappa shape index (κ1) is 16.0. The van der Waals surface area contributed by atoms with E-state index < -0.39 is 0 Å². The quantitative estimate of drug-likeness (QED) is 0.927. The Morgan fingerprint density at radius 3 is 2.89 bits per heavy atom. The number of amides is 1. The number of aryl methyl sites for hydroxylation is 2. The summed E-state index contributed by atoms with van der Waals surface area (Å²) in [7, 11) is 0. The molecule has 3 nitrogen and oxygen atoms in total. The third-order valence-corrected chi connectivity index (χ3v) is 3.47. The van der Waals surface area contributed by atoms with Gasteiger partial charge in [0, 0.05) is 24.7 Å². The Morgan fingerprint density at radius 1 is 1.47 bits per heavy atom. The zero-order valence-corrected chi connectivity index (χ0v) is 12.5. The number of carbonyl (C=O) groups excluding carboxylic acids is 1. The molecule has 106 valence electrons. The number of nitrogens with two attached hydrogens (primary N) is 1. The molecular weight excluding hydrogens is 260 g/mol. The van der Waals surface area contributed by atoms with Crippen LogP contribution in [0, 0.1) is 6.92 Å². The number of rotatable bonds is 3. The van der Waals surface area contributed by atoms with Crippen molar-refractivity contribution in [1.82, 2.24) is 0 Å². The van der Waals surface area contributed by atoms with Gasteiger partial charge in [0.2, 0.25) is 5.91 Å². The van der Waals surface area contributed by atoms with E-state index in [2.05, 4.69) is 25.1 Å². The average Bonchev–Trinajstić information content (AvgIpc) is 2.34. The minimum atomic E-state index is 0. The Labute approximate surface area is 121 Å². The van der Waals surface area contributed by atoms with Crippen LogP contribution >= 0.6 is 12.4 Å². The van der Waals surface area contributed by atoms with Gasteiger partial charge in [-0.3, -0.25) is 4.79 Å². The van der Waals surface area contributed by atoms with E-state index in [9.17, 15) is 4.79 Å². The third-order valence-electron chi connectivity index (χ3n) is 3.47. The van der Waals surface area contributed by atoms with Crippen molar-refractivity contribution >= 4 is 24.0 Å². The molecule has 0 saturated heterocycles. The molecular formula is C15H23ClN2O. The van der Waals surface area contributed by atoms with Crippen LogP contribution in [0.25, 0.3) is 0 Å². The van der Waals surface area contributed by atoms with Gasteiger partial charge in [0.1, 0.15) is 0 Å². The second-order valence-electron chi connectivity index (χ2n) is 5.30. The molecule has 1 aliphatic heterocycles. The lowest BCUT2D eigenvalue weighted by atomic mass is 9.99. The number of fused-ring (bicyclic) bond motifs is 1. The van der Waals surface area contributed by atoms with Gasteiger partial charge in [0.15, 0.2) is 0 Å². The Balaban J connectivity index is 0.00000180. The van der Waals surface area contributed by atoms with E-state index in [0.717, 1.165) is 31.5 Å². The molecule has 0 spiro atoms. The summed E-state index contributed by atoms with van der Waals surface area (Å²) < 4.78 is 0. The van der Waals surface area contributed by atoms with Crippen molar-refractivity contribution in [3.05, 3.63) is 29.3 Å². The van der Waals surface area contributed by atoms with E-state index >= 15 is 0 Å². The molecule has 2 N–H and O–H groups in total. The van der Waals surface area contributed by atoms with E-state index in [-0.39, 0.29) is 24.4 Å². The highest BCUT2D eigenvalue weighted by Gasteiger charge is 2.22. The van der Waals surface area contributed by atoms with E-state index in [1.807, 2.05) is 11.8 Å². The highest BCUT2D eigenvalue weighted by molar-refractivity contribution is 5.94. The van der Waals surface area contributed by atoms with Gasteiger partial charge in [-0.15, -0.1) is 12.4 Å². The highest BCUT2D eigenvalue weighted by atomic mass is 35.5. The van der Waals surface area contributed by atoms with Crippen molar-refractivity contribution in [2.75, 3.05) is 11.4 Å². The van der Waals surface area contributed by atoms with Crippen molar-refractivity contribution in [2.24, 2.45) is 5.73 Å². The second-order valence-corrected chi connectivity index (χ2v) is 5.30. The number of nitrogens with zero attached hydrogens (tertiary/aromatic N) is 1. The molecule has 1 aromatic carbocycles. The van der Waals surface area contributed by atoms with Crippen LogP contribution in [0.4, 0.5) is 5.69 Å². The minimum absolute atomic E-state index is 0. The molecule has 0 fully saturated rings. The van der Waals surface area contributed by atoms with E-state index in [1.54, 1.807) is 0 Å². The van der Waals surface area contributed by atoms with Gasteiger partial charge in [-0.25, -0.2) is 0 Å². The SMILES string of the molecule is Cc1ccc2c(c1)CCCN2C(=O)CCC(C)N.Cl. The maximum atomic E-state index is 12.2. The van der Waals surface area contributed by atoms with Crippen LogP contribution < -0.4 is 10.6 Å². The van der Waals surface area contributed by atoms with Gasteiger partial charge < -0.3 is 10.6 Å². The second kappa shape index (κ2) is 6.92. The smallest absolute Gasteiger partial charge is 0.227 e. The molecule has 0 saturated carbocycles. The highest BCUT2D eigenvalue weighted by Crippen LogP contribution is 2.28. The molecule has 1 atom stereocenters. The summed E-state index contributed by atoms with van der Waals surface area (Å²) in [5.41, 5.74) is 9.38. The lowest BCUT2D eigenvalue weighted by Gasteiger charge is -2.30. The Morgan fingerprint density at radius 2 is 2.21 bits per heavy atom. The standard InChI is InChI=1S/C15H22N2O.ClH/c1-11-5-7-14-13(10-11)4-3-9-17(14)15(18)8-6-12(2)16;/h5,7,10,12H,3-4,6,8-9,16H2,1-2H3;1H. The van der Waals surface area contributed by atoms with E-state index in [1.165, 1.54) is 11.1 Å². The topological polar surface area (TPSA) is 46.3 Å². The van der Waals surface area contributed by atoms with Gasteiger partial charge in [-0.2, -0.15) is 0 Å². The number of halogens is 1. The van der Waals surface area contributed by atoms with Crippen molar-refractivity contribution in [2.45, 2.75) is 45.6 Å². The first-order valence-electron chi connectivity index (χ1n) is 6.73. The lowest BCUT2D eigenvalue weighted by molar-refractivity contribution is -0.118. The number of anilines is 1. The molecule has 0 radical (unpaired) electrons. The molecule has 1 amide bonds. The van der Waals surface area contributed by atoms with Crippen LogP contribution in [-0.2, 0) is 11.2 Å². The van der Waals surface area contributed by atoms with Gasteiger partial charge >= 0.3 is 0 Å². The first-order chi connectivity index (χ1) is 8.58. The molecule has 19 heavy (non-hydrogen) atoms. The summed E-state index contributed by atoms with van der Waals surface area (Å²) in [5, 5.41) is 0. The summed E-state index contributed by atoms with van der Waals surface area (Å²) in [6.07, 6.45) is 3.44. The Kier molecular flexibility index (Phi) is 5.83. The van der Waals surface area contributed by atoms with Crippen LogP contribution in [0.5, 0.6) is 0 Å².